The molecule has 0 atom stereocenters. The standard InChI is InChI=1S/C12H16N4O/c1-4-9-5-11(17)15-12(14-9)10-6-13-7-16(10)8(2)3/h5-8H,4H2,1-3H3,(H,14,15,17). The van der Waals surface area contributed by atoms with Crippen molar-refractivity contribution >= 4 is 0 Å². The zero-order chi connectivity index (χ0) is 12.4. The maximum absolute atomic E-state index is 11.5. The minimum absolute atomic E-state index is 0.122. The van der Waals surface area contributed by atoms with Crippen molar-refractivity contribution in [3.63, 3.8) is 0 Å². The number of nitrogens with zero attached hydrogens (tertiary/aromatic N) is 3. The fourth-order valence-corrected chi connectivity index (χ4v) is 1.71. The van der Waals surface area contributed by atoms with Gasteiger partial charge in [0.05, 0.1) is 12.5 Å². The molecule has 90 valence electrons. The lowest BCUT2D eigenvalue weighted by Crippen LogP contribution is -2.12. The summed E-state index contributed by atoms with van der Waals surface area (Å²) >= 11 is 0. The summed E-state index contributed by atoms with van der Waals surface area (Å²) in [6, 6.07) is 1.81. The molecule has 0 saturated carbocycles. The average molecular weight is 232 g/mol. The van der Waals surface area contributed by atoms with Gasteiger partial charge >= 0.3 is 0 Å². The first-order valence-electron chi connectivity index (χ1n) is 5.74. The monoisotopic (exact) mass is 232 g/mol. The second kappa shape index (κ2) is 4.53. The second-order valence-electron chi connectivity index (χ2n) is 4.22. The second-order valence-corrected chi connectivity index (χ2v) is 4.22. The maximum atomic E-state index is 11.5. The average Bonchev–Trinajstić information content (AvgIpc) is 2.77. The zero-order valence-corrected chi connectivity index (χ0v) is 10.3. The molecule has 0 amide bonds. The van der Waals surface area contributed by atoms with E-state index in [1.807, 2.05) is 11.5 Å². The van der Waals surface area contributed by atoms with Crippen LogP contribution in [-0.4, -0.2) is 19.5 Å². The third-order valence-electron chi connectivity index (χ3n) is 2.62. The van der Waals surface area contributed by atoms with Gasteiger partial charge in [0.15, 0.2) is 5.82 Å². The molecule has 2 heterocycles. The van der Waals surface area contributed by atoms with E-state index >= 15 is 0 Å². The Labute approximate surface area is 99.6 Å². The first-order chi connectivity index (χ1) is 8.11. The summed E-state index contributed by atoms with van der Waals surface area (Å²) in [6.45, 7) is 6.10. The quantitative estimate of drug-likeness (QED) is 0.877. The van der Waals surface area contributed by atoms with Crippen LogP contribution in [0.3, 0.4) is 0 Å². The van der Waals surface area contributed by atoms with Crippen LogP contribution in [0.5, 0.6) is 0 Å². The molecule has 0 bridgehead atoms. The van der Waals surface area contributed by atoms with Crippen molar-refractivity contribution < 1.29 is 0 Å². The lowest BCUT2D eigenvalue weighted by atomic mass is 10.3. The summed E-state index contributed by atoms with van der Waals surface area (Å²) in [7, 11) is 0. The Bertz CT molecular complexity index is 568. The van der Waals surface area contributed by atoms with Gasteiger partial charge < -0.3 is 9.55 Å². The molecule has 5 nitrogen and oxygen atoms in total. The van der Waals surface area contributed by atoms with Crippen molar-refractivity contribution in [3.8, 4) is 11.5 Å². The fraction of sp³-hybridized carbons (Fsp3) is 0.417. The number of H-pyrrole nitrogens is 1. The highest BCUT2D eigenvalue weighted by molar-refractivity contribution is 5.48. The van der Waals surface area contributed by atoms with Gasteiger partial charge in [-0.2, -0.15) is 0 Å². The summed E-state index contributed by atoms with van der Waals surface area (Å²) in [5.74, 6) is 0.584. The minimum atomic E-state index is -0.122. The Morgan fingerprint density at radius 2 is 2.24 bits per heavy atom. The smallest absolute Gasteiger partial charge is 0.251 e. The molecule has 1 N–H and O–H groups in total. The molecular formula is C12H16N4O. The molecule has 0 aliphatic carbocycles. The normalized spacial score (nSPS) is 11.1. The Morgan fingerprint density at radius 3 is 2.88 bits per heavy atom. The minimum Gasteiger partial charge on any atom is -0.326 e. The van der Waals surface area contributed by atoms with Crippen molar-refractivity contribution in [3.05, 3.63) is 34.6 Å². The molecule has 17 heavy (non-hydrogen) atoms. The molecule has 0 aromatic carbocycles. The molecule has 0 aliphatic heterocycles. The number of rotatable bonds is 3. The van der Waals surface area contributed by atoms with Crippen LogP contribution in [0.4, 0.5) is 0 Å². The summed E-state index contributed by atoms with van der Waals surface area (Å²) in [5, 5.41) is 0. The van der Waals surface area contributed by atoms with Crippen molar-refractivity contribution in [2.24, 2.45) is 0 Å². The van der Waals surface area contributed by atoms with E-state index in [9.17, 15) is 4.79 Å². The Hall–Kier alpha value is -1.91. The molecule has 0 fully saturated rings. The van der Waals surface area contributed by atoms with Crippen LogP contribution in [-0.2, 0) is 6.42 Å². The van der Waals surface area contributed by atoms with Gasteiger partial charge in [0.2, 0.25) is 0 Å². The van der Waals surface area contributed by atoms with Crippen LogP contribution in [0.2, 0.25) is 0 Å². The zero-order valence-electron chi connectivity index (χ0n) is 10.3. The van der Waals surface area contributed by atoms with Crippen molar-refractivity contribution in [1.29, 1.82) is 0 Å². The molecule has 0 aliphatic rings. The van der Waals surface area contributed by atoms with Crippen LogP contribution in [0, 0.1) is 0 Å². The van der Waals surface area contributed by atoms with Crippen LogP contribution in [0.1, 0.15) is 32.5 Å². The number of hydrogen-bond acceptors (Lipinski definition) is 3. The molecule has 2 rings (SSSR count). The van der Waals surface area contributed by atoms with Gasteiger partial charge in [-0.25, -0.2) is 9.97 Å². The van der Waals surface area contributed by atoms with E-state index < -0.39 is 0 Å². The molecule has 5 heteroatoms. The molecule has 0 radical (unpaired) electrons. The van der Waals surface area contributed by atoms with Gasteiger partial charge in [0, 0.05) is 17.8 Å². The van der Waals surface area contributed by atoms with E-state index in [1.165, 1.54) is 6.07 Å². The van der Waals surface area contributed by atoms with E-state index in [-0.39, 0.29) is 11.6 Å². The largest absolute Gasteiger partial charge is 0.326 e. The highest BCUT2D eigenvalue weighted by Gasteiger charge is 2.10. The first kappa shape index (κ1) is 11.6. The fourth-order valence-electron chi connectivity index (χ4n) is 1.71. The number of imidazole rings is 1. The molecule has 0 unspecified atom stereocenters. The Morgan fingerprint density at radius 1 is 1.47 bits per heavy atom. The van der Waals surface area contributed by atoms with E-state index in [0.29, 0.717) is 5.82 Å². The molecule has 2 aromatic rings. The predicted octanol–water partition coefficient (Wildman–Crippen LogP) is 1.78. The molecule has 0 spiro atoms. The topological polar surface area (TPSA) is 63.6 Å². The molecule has 2 aromatic heterocycles. The Balaban J connectivity index is 2.56. The number of aromatic nitrogens is 4. The van der Waals surface area contributed by atoms with Gasteiger partial charge in [-0.15, -0.1) is 0 Å². The van der Waals surface area contributed by atoms with E-state index in [4.69, 9.17) is 0 Å². The SMILES string of the molecule is CCc1cc(=O)[nH]c(-c2cncn2C(C)C)n1. The van der Waals surface area contributed by atoms with Crippen molar-refractivity contribution in [2.75, 3.05) is 0 Å². The number of nitrogens with one attached hydrogen (secondary N) is 1. The van der Waals surface area contributed by atoms with Crippen LogP contribution >= 0.6 is 0 Å². The lowest BCUT2D eigenvalue weighted by Gasteiger charge is -2.11. The third kappa shape index (κ3) is 2.27. The maximum Gasteiger partial charge on any atom is 0.251 e. The van der Waals surface area contributed by atoms with Crippen molar-refractivity contribution in [2.45, 2.75) is 33.2 Å². The number of aromatic amines is 1. The number of hydrogen-bond donors (Lipinski definition) is 1. The lowest BCUT2D eigenvalue weighted by molar-refractivity contribution is 0.603. The third-order valence-corrected chi connectivity index (χ3v) is 2.62. The summed E-state index contributed by atoms with van der Waals surface area (Å²) in [5.41, 5.74) is 1.51. The number of aryl methyl sites for hydroxylation is 1. The highest BCUT2D eigenvalue weighted by Crippen LogP contribution is 2.17. The molecular weight excluding hydrogens is 216 g/mol. The van der Waals surface area contributed by atoms with Gasteiger partial charge in [0.1, 0.15) is 5.69 Å². The van der Waals surface area contributed by atoms with E-state index in [0.717, 1.165) is 17.8 Å². The van der Waals surface area contributed by atoms with Crippen molar-refractivity contribution in [1.82, 2.24) is 19.5 Å². The predicted molar refractivity (Wildman–Crippen MR) is 65.8 cm³/mol. The summed E-state index contributed by atoms with van der Waals surface area (Å²) < 4.78 is 1.98. The highest BCUT2D eigenvalue weighted by atomic mass is 16.1. The molecule has 0 saturated heterocycles. The van der Waals surface area contributed by atoms with Gasteiger partial charge in [-0.05, 0) is 20.3 Å². The van der Waals surface area contributed by atoms with Crippen LogP contribution < -0.4 is 5.56 Å². The first-order valence-corrected chi connectivity index (χ1v) is 5.74. The van der Waals surface area contributed by atoms with Gasteiger partial charge in [0.25, 0.3) is 5.56 Å². The van der Waals surface area contributed by atoms with Crippen LogP contribution in [0.15, 0.2) is 23.4 Å². The summed E-state index contributed by atoms with van der Waals surface area (Å²) in [6.07, 6.45) is 4.21. The van der Waals surface area contributed by atoms with E-state index in [1.54, 1.807) is 12.5 Å². The van der Waals surface area contributed by atoms with Crippen LogP contribution in [0.25, 0.3) is 11.5 Å². The Kier molecular flexibility index (Phi) is 3.08. The van der Waals surface area contributed by atoms with Gasteiger partial charge in [-0.1, -0.05) is 6.92 Å². The summed E-state index contributed by atoms with van der Waals surface area (Å²) in [4.78, 5) is 22.8. The van der Waals surface area contributed by atoms with Gasteiger partial charge in [-0.3, -0.25) is 4.79 Å². The van der Waals surface area contributed by atoms with E-state index in [2.05, 4.69) is 28.8 Å².